The van der Waals surface area contributed by atoms with E-state index in [0.717, 1.165) is 40.8 Å². The van der Waals surface area contributed by atoms with Crippen LogP contribution in [0.15, 0.2) is 98.6 Å². The van der Waals surface area contributed by atoms with Crippen molar-refractivity contribution in [3.63, 3.8) is 0 Å². The Kier molecular flexibility index (Phi) is 7.02. The van der Waals surface area contributed by atoms with Crippen LogP contribution in [0.3, 0.4) is 0 Å². The highest BCUT2D eigenvalue weighted by atomic mass is 32.1. The predicted octanol–water partition coefficient (Wildman–Crippen LogP) is 5.38. The average molecular weight is 605 g/mol. The highest BCUT2D eigenvalue weighted by Crippen LogP contribution is 2.42. The Morgan fingerprint density at radius 1 is 0.955 bits per heavy atom. The van der Waals surface area contributed by atoms with E-state index in [9.17, 15) is 9.59 Å². The number of ether oxygens (including phenoxy) is 3. The number of methoxy groups -OCH3 is 3. The number of furan rings is 1. The third kappa shape index (κ3) is 4.66. The van der Waals surface area contributed by atoms with Gasteiger partial charge in [0.15, 0.2) is 16.3 Å². The van der Waals surface area contributed by atoms with Gasteiger partial charge in [0.1, 0.15) is 11.5 Å². The van der Waals surface area contributed by atoms with Gasteiger partial charge in [0.05, 0.1) is 43.2 Å². The Morgan fingerprint density at radius 2 is 1.75 bits per heavy atom. The number of fused-ring (bicyclic) bond motifs is 3. The summed E-state index contributed by atoms with van der Waals surface area (Å²) in [6.45, 7) is 0. The number of nitrogens with zero attached hydrogens (tertiary/aromatic N) is 2. The van der Waals surface area contributed by atoms with Crippen LogP contribution in [-0.4, -0.2) is 31.9 Å². The van der Waals surface area contributed by atoms with Crippen LogP contribution in [0.25, 0.3) is 23.1 Å². The normalized spacial score (nSPS) is 15.6. The number of thiazole rings is 1. The van der Waals surface area contributed by atoms with Crippen molar-refractivity contribution in [2.24, 2.45) is 4.99 Å². The van der Waals surface area contributed by atoms with Gasteiger partial charge in [-0.15, -0.1) is 0 Å². The predicted molar refractivity (Wildman–Crippen MR) is 168 cm³/mol. The van der Waals surface area contributed by atoms with Crippen molar-refractivity contribution >= 4 is 29.1 Å². The maximum atomic E-state index is 14.1. The molecule has 5 aromatic rings. The summed E-state index contributed by atoms with van der Waals surface area (Å²) in [7, 11) is 4.57. The van der Waals surface area contributed by atoms with Crippen LogP contribution in [0.5, 0.6) is 11.5 Å². The second-order valence-corrected chi connectivity index (χ2v) is 11.5. The van der Waals surface area contributed by atoms with E-state index in [-0.39, 0.29) is 11.6 Å². The number of benzene rings is 3. The molecule has 0 radical (unpaired) electrons. The molecular formula is C35H28N2O6S. The molecule has 0 unspecified atom stereocenters. The van der Waals surface area contributed by atoms with E-state index < -0.39 is 5.97 Å². The van der Waals surface area contributed by atoms with E-state index in [0.29, 0.717) is 37.9 Å². The number of rotatable bonds is 6. The fourth-order valence-electron chi connectivity index (χ4n) is 5.95. The molecular weight excluding hydrogens is 576 g/mol. The monoisotopic (exact) mass is 604 g/mol. The van der Waals surface area contributed by atoms with Crippen LogP contribution in [-0.2, 0) is 11.2 Å². The molecule has 0 spiro atoms. The Hall–Kier alpha value is -5.15. The lowest BCUT2D eigenvalue weighted by atomic mass is 9.83. The standard InChI is InChI=1S/C35H28N2O6S/c1-40-28-16-13-23(18-29(28)41-2)32-26-15-12-20-6-4-5-7-25(20)31(26)36-35-37(32)33(38)30(44-35)19-24-14-17-27(43-24)21-8-10-22(11-9-21)34(39)42-3/h4-11,13-14,16-19,32H,12,15H2,1-3H3/b30-19-/t32-/m0/s1. The topological polar surface area (TPSA) is 92.3 Å². The smallest absolute Gasteiger partial charge is 0.337 e. The molecule has 0 N–H and O–H groups in total. The number of carbonyl (C=O) groups is 1. The zero-order valence-electron chi connectivity index (χ0n) is 24.3. The van der Waals surface area contributed by atoms with Crippen LogP contribution < -0.4 is 24.4 Å². The van der Waals surface area contributed by atoms with Crippen molar-refractivity contribution < 1.29 is 23.4 Å². The van der Waals surface area contributed by atoms with Gasteiger partial charge in [-0.05, 0) is 65.9 Å². The minimum atomic E-state index is -0.399. The van der Waals surface area contributed by atoms with Gasteiger partial charge in [0, 0.05) is 17.2 Å². The largest absolute Gasteiger partial charge is 0.493 e. The Labute approximate surface area is 256 Å². The molecule has 0 amide bonds. The molecule has 44 heavy (non-hydrogen) atoms. The molecule has 3 aromatic carbocycles. The zero-order valence-corrected chi connectivity index (χ0v) is 25.1. The second kappa shape index (κ2) is 11.2. The molecule has 9 heteroatoms. The fraction of sp³-hybridized carbons (Fsp3) is 0.171. The first-order valence-corrected chi connectivity index (χ1v) is 14.9. The Balaban J connectivity index is 1.35. The highest BCUT2D eigenvalue weighted by molar-refractivity contribution is 7.07. The number of hydrogen-bond donors (Lipinski definition) is 0. The van der Waals surface area contributed by atoms with Crippen molar-refractivity contribution in [2.75, 3.05) is 21.3 Å². The lowest BCUT2D eigenvalue weighted by molar-refractivity contribution is 0.0600. The lowest BCUT2D eigenvalue weighted by Gasteiger charge is -2.31. The summed E-state index contributed by atoms with van der Waals surface area (Å²) in [6.07, 6.45) is 3.42. The quantitative estimate of drug-likeness (QED) is 0.242. The molecule has 3 heterocycles. The van der Waals surface area contributed by atoms with Crippen molar-refractivity contribution in [3.8, 4) is 22.8 Å². The number of esters is 1. The first-order chi connectivity index (χ1) is 21.5. The van der Waals surface area contributed by atoms with E-state index in [1.807, 2.05) is 36.4 Å². The van der Waals surface area contributed by atoms with Gasteiger partial charge in [0.2, 0.25) is 0 Å². The van der Waals surface area contributed by atoms with Crippen molar-refractivity contribution in [1.82, 2.24) is 4.57 Å². The van der Waals surface area contributed by atoms with E-state index in [1.165, 1.54) is 24.0 Å². The minimum Gasteiger partial charge on any atom is -0.493 e. The molecule has 1 aliphatic carbocycles. The zero-order chi connectivity index (χ0) is 30.4. The maximum absolute atomic E-state index is 14.1. The number of allylic oxidation sites excluding steroid dienone is 1. The molecule has 2 aliphatic rings. The fourth-order valence-corrected chi connectivity index (χ4v) is 6.93. The van der Waals surface area contributed by atoms with Gasteiger partial charge in [0.25, 0.3) is 5.56 Å². The highest BCUT2D eigenvalue weighted by Gasteiger charge is 2.33. The molecule has 1 aliphatic heterocycles. The molecule has 1 atom stereocenters. The summed E-state index contributed by atoms with van der Waals surface area (Å²) < 4.78 is 24.3. The first-order valence-electron chi connectivity index (χ1n) is 14.1. The lowest BCUT2D eigenvalue weighted by Crippen LogP contribution is -2.38. The maximum Gasteiger partial charge on any atom is 0.337 e. The summed E-state index contributed by atoms with van der Waals surface area (Å²) in [4.78, 5) is 31.6. The van der Waals surface area contributed by atoms with Gasteiger partial charge in [-0.3, -0.25) is 9.36 Å². The number of aromatic nitrogens is 1. The molecule has 0 fully saturated rings. The molecule has 0 bridgehead atoms. The van der Waals surface area contributed by atoms with Crippen molar-refractivity contribution in [1.29, 1.82) is 0 Å². The van der Waals surface area contributed by atoms with Crippen LogP contribution in [0.1, 0.15) is 45.3 Å². The number of aryl methyl sites for hydroxylation is 1. The van der Waals surface area contributed by atoms with E-state index in [4.69, 9.17) is 23.6 Å². The number of hydrogen-bond acceptors (Lipinski definition) is 8. The van der Waals surface area contributed by atoms with Crippen molar-refractivity contribution in [3.05, 3.63) is 132 Å². The summed E-state index contributed by atoms with van der Waals surface area (Å²) in [5.41, 5.74) is 6.43. The SMILES string of the molecule is COC(=O)c1ccc(-c2ccc(/C=c3\sc4n(c3=O)[C@@H](c3ccc(OC)c(OC)c3)C3=C(N=4)c4ccccc4CC3)o2)cc1. The van der Waals surface area contributed by atoms with Crippen LogP contribution >= 0.6 is 11.3 Å². The van der Waals surface area contributed by atoms with Gasteiger partial charge in [-0.25, -0.2) is 9.79 Å². The van der Waals surface area contributed by atoms with Crippen LogP contribution in [0.4, 0.5) is 0 Å². The minimum absolute atomic E-state index is 0.140. The van der Waals surface area contributed by atoms with E-state index in [2.05, 4.69) is 18.2 Å². The molecule has 0 saturated heterocycles. The van der Waals surface area contributed by atoms with E-state index in [1.54, 1.807) is 49.1 Å². The molecule has 7 rings (SSSR count). The van der Waals surface area contributed by atoms with Crippen LogP contribution in [0, 0.1) is 0 Å². The number of carbonyl (C=O) groups excluding carboxylic acids is 1. The third-order valence-electron chi connectivity index (χ3n) is 8.09. The Bertz CT molecular complexity index is 2130. The average Bonchev–Trinajstić information content (AvgIpc) is 3.67. The molecule has 2 aromatic heterocycles. The summed E-state index contributed by atoms with van der Waals surface area (Å²) in [5.74, 6) is 1.99. The first kappa shape index (κ1) is 27.7. The summed E-state index contributed by atoms with van der Waals surface area (Å²) >= 11 is 1.34. The van der Waals surface area contributed by atoms with Gasteiger partial charge in [-0.2, -0.15) is 0 Å². The molecule has 0 saturated carbocycles. The summed E-state index contributed by atoms with van der Waals surface area (Å²) in [6, 6.07) is 24.5. The molecule has 8 nitrogen and oxygen atoms in total. The molecule has 220 valence electrons. The van der Waals surface area contributed by atoms with Crippen molar-refractivity contribution in [2.45, 2.75) is 18.9 Å². The van der Waals surface area contributed by atoms with Gasteiger partial charge >= 0.3 is 5.97 Å². The van der Waals surface area contributed by atoms with E-state index >= 15 is 0 Å². The van der Waals surface area contributed by atoms with Gasteiger partial charge < -0.3 is 18.6 Å². The van der Waals surface area contributed by atoms with Gasteiger partial charge in [-0.1, -0.05) is 53.8 Å². The second-order valence-electron chi connectivity index (χ2n) is 10.5. The summed E-state index contributed by atoms with van der Waals surface area (Å²) in [5, 5.41) is 0. The van der Waals surface area contributed by atoms with Crippen LogP contribution in [0.2, 0.25) is 0 Å². The Morgan fingerprint density at radius 3 is 2.52 bits per heavy atom. The third-order valence-corrected chi connectivity index (χ3v) is 9.07.